The average molecular weight is 244 g/mol. The Bertz CT molecular complexity index is 311. The van der Waals surface area contributed by atoms with Crippen LogP contribution in [0, 0.1) is 0 Å². The van der Waals surface area contributed by atoms with Crippen LogP contribution in [0.25, 0.3) is 0 Å². The summed E-state index contributed by atoms with van der Waals surface area (Å²) in [5.74, 6) is -0.499. The number of carbonyl (C=O) groups is 2. The van der Waals surface area contributed by atoms with Gasteiger partial charge in [-0.3, -0.25) is 4.90 Å². The van der Waals surface area contributed by atoms with E-state index in [0.29, 0.717) is 13.0 Å². The number of nitrogens with zero attached hydrogens (tertiary/aromatic N) is 1. The molecule has 0 unspecified atom stereocenters. The van der Waals surface area contributed by atoms with Crippen molar-refractivity contribution in [3.05, 3.63) is 0 Å². The van der Waals surface area contributed by atoms with Crippen molar-refractivity contribution in [2.45, 2.75) is 44.9 Å². The fourth-order valence-electron chi connectivity index (χ4n) is 1.76. The van der Waals surface area contributed by atoms with Crippen LogP contribution >= 0.6 is 0 Å². The number of rotatable bonds is 1. The lowest BCUT2D eigenvalue weighted by Gasteiger charge is -2.28. The van der Waals surface area contributed by atoms with E-state index in [9.17, 15) is 9.59 Å². The van der Waals surface area contributed by atoms with E-state index in [1.807, 2.05) is 0 Å². The predicted octanol–water partition coefficient (Wildman–Crippen LogP) is 0.496. The summed E-state index contributed by atoms with van der Waals surface area (Å²) in [5.41, 5.74) is 5.20. The van der Waals surface area contributed by atoms with Gasteiger partial charge in [0.2, 0.25) is 0 Å². The second kappa shape index (κ2) is 4.91. The quantitative estimate of drug-likeness (QED) is 0.679. The maximum absolute atomic E-state index is 11.9. The number of amides is 1. The van der Waals surface area contributed by atoms with E-state index in [1.54, 1.807) is 20.8 Å². The van der Waals surface area contributed by atoms with Crippen LogP contribution in [0.5, 0.6) is 0 Å². The van der Waals surface area contributed by atoms with Gasteiger partial charge in [-0.15, -0.1) is 0 Å². The first-order chi connectivity index (χ1) is 7.76. The van der Waals surface area contributed by atoms with Gasteiger partial charge in [-0.1, -0.05) is 0 Å². The molecule has 1 aliphatic rings. The van der Waals surface area contributed by atoms with E-state index in [4.69, 9.17) is 10.5 Å². The van der Waals surface area contributed by atoms with Crippen LogP contribution in [0.4, 0.5) is 4.79 Å². The summed E-state index contributed by atoms with van der Waals surface area (Å²) in [6.07, 6.45) is 0.0415. The monoisotopic (exact) mass is 244 g/mol. The fraction of sp³-hybridized carbons (Fsp3) is 0.818. The third-order valence-corrected chi connectivity index (χ3v) is 2.52. The summed E-state index contributed by atoms with van der Waals surface area (Å²) in [7, 11) is 1.28. The molecule has 0 saturated carbocycles. The Kier molecular flexibility index (Phi) is 3.98. The van der Waals surface area contributed by atoms with E-state index in [0.717, 1.165) is 0 Å². The van der Waals surface area contributed by atoms with Gasteiger partial charge in [0.1, 0.15) is 11.6 Å². The van der Waals surface area contributed by atoms with Gasteiger partial charge in [-0.25, -0.2) is 9.59 Å². The van der Waals surface area contributed by atoms with E-state index in [-0.39, 0.29) is 0 Å². The Morgan fingerprint density at radius 3 is 2.41 bits per heavy atom. The minimum absolute atomic E-state index is 0.394. The first kappa shape index (κ1) is 13.8. The Morgan fingerprint density at radius 1 is 1.35 bits per heavy atom. The molecule has 0 aromatic heterocycles. The van der Waals surface area contributed by atoms with Gasteiger partial charge in [-0.05, 0) is 27.2 Å². The number of esters is 1. The molecule has 0 spiro atoms. The van der Waals surface area contributed by atoms with E-state index in [2.05, 4.69) is 4.74 Å². The third-order valence-electron chi connectivity index (χ3n) is 2.52. The normalized spacial score (nSPS) is 24.6. The summed E-state index contributed by atoms with van der Waals surface area (Å²) in [5, 5.41) is 0. The molecule has 0 aromatic carbocycles. The molecule has 2 atom stereocenters. The minimum atomic E-state index is -0.741. The van der Waals surface area contributed by atoms with Crippen LogP contribution in [-0.4, -0.2) is 48.3 Å². The molecule has 1 rings (SSSR count). The van der Waals surface area contributed by atoms with Crippen LogP contribution in [0.15, 0.2) is 0 Å². The van der Waals surface area contributed by atoms with E-state index >= 15 is 0 Å². The van der Waals surface area contributed by atoms with E-state index in [1.165, 1.54) is 12.0 Å². The van der Waals surface area contributed by atoms with Crippen LogP contribution in [0.3, 0.4) is 0 Å². The molecule has 2 N–H and O–H groups in total. The molecule has 17 heavy (non-hydrogen) atoms. The zero-order valence-electron chi connectivity index (χ0n) is 10.7. The lowest BCUT2D eigenvalue weighted by atomic mass is 10.1. The van der Waals surface area contributed by atoms with Crippen molar-refractivity contribution >= 4 is 12.1 Å². The number of carbonyl (C=O) groups excluding carboxylic acids is 2. The molecule has 0 aliphatic carbocycles. The van der Waals surface area contributed by atoms with Crippen molar-refractivity contribution in [3.8, 4) is 0 Å². The number of hydrogen-bond donors (Lipinski definition) is 1. The molecular formula is C11H20N2O4. The zero-order chi connectivity index (χ0) is 13.2. The summed E-state index contributed by atoms with van der Waals surface area (Å²) < 4.78 is 9.87. The van der Waals surface area contributed by atoms with Crippen LogP contribution in [0.1, 0.15) is 27.2 Å². The molecule has 0 bridgehead atoms. The summed E-state index contributed by atoms with van der Waals surface area (Å²) >= 11 is 0. The van der Waals surface area contributed by atoms with Crippen LogP contribution in [0.2, 0.25) is 0 Å². The molecule has 6 heteroatoms. The maximum atomic E-state index is 11.9. The molecule has 1 saturated heterocycles. The summed E-state index contributed by atoms with van der Waals surface area (Å²) in [6.45, 7) is 5.73. The average Bonchev–Trinajstić information content (AvgIpc) is 2.56. The van der Waals surface area contributed by atoms with Crippen molar-refractivity contribution in [2.75, 3.05) is 13.7 Å². The van der Waals surface area contributed by atoms with Crippen molar-refractivity contribution < 1.29 is 19.1 Å². The van der Waals surface area contributed by atoms with Gasteiger partial charge in [-0.2, -0.15) is 0 Å². The van der Waals surface area contributed by atoms with Gasteiger partial charge < -0.3 is 15.2 Å². The lowest BCUT2D eigenvalue weighted by Crippen LogP contribution is -2.49. The number of likely N-dealkylation sites (tertiary alicyclic amines) is 1. The SMILES string of the molecule is COC(=O)[C@@H]1[C@@H](N)CCN1C(=O)OC(C)(C)C. The topological polar surface area (TPSA) is 81.9 Å². The van der Waals surface area contributed by atoms with Crippen molar-refractivity contribution in [2.24, 2.45) is 5.73 Å². The Morgan fingerprint density at radius 2 is 1.94 bits per heavy atom. The molecule has 1 heterocycles. The second-order valence-electron chi connectivity index (χ2n) is 5.09. The van der Waals surface area contributed by atoms with Gasteiger partial charge in [0.05, 0.1) is 7.11 Å². The van der Waals surface area contributed by atoms with Crippen molar-refractivity contribution in [1.82, 2.24) is 4.90 Å². The highest BCUT2D eigenvalue weighted by molar-refractivity contribution is 5.83. The number of hydrogen-bond acceptors (Lipinski definition) is 5. The fourth-order valence-corrected chi connectivity index (χ4v) is 1.76. The van der Waals surface area contributed by atoms with Crippen molar-refractivity contribution in [1.29, 1.82) is 0 Å². The van der Waals surface area contributed by atoms with Gasteiger partial charge >= 0.3 is 12.1 Å². The zero-order valence-corrected chi connectivity index (χ0v) is 10.7. The molecule has 1 fully saturated rings. The van der Waals surface area contributed by atoms with Gasteiger partial charge in [0, 0.05) is 12.6 Å². The Labute approximate surface area is 101 Å². The highest BCUT2D eigenvalue weighted by Crippen LogP contribution is 2.21. The highest BCUT2D eigenvalue weighted by atomic mass is 16.6. The summed E-state index contributed by atoms with van der Waals surface area (Å²) in [6, 6.07) is -1.13. The molecule has 0 radical (unpaired) electrons. The number of nitrogens with two attached hydrogens (primary N) is 1. The first-order valence-electron chi connectivity index (χ1n) is 5.59. The number of ether oxygens (including phenoxy) is 2. The number of methoxy groups -OCH3 is 1. The molecule has 0 aromatic rings. The molecular weight excluding hydrogens is 224 g/mol. The molecule has 98 valence electrons. The van der Waals surface area contributed by atoms with Gasteiger partial charge in [0.25, 0.3) is 0 Å². The van der Waals surface area contributed by atoms with Crippen molar-refractivity contribution in [3.63, 3.8) is 0 Å². The second-order valence-corrected chi connectivity index (χ2v) is 5.09. The molecule has 1 aliphatic heterocycles. The van der Waals surface area contributed by atoms with Gasteiger partial charge in [0.15, 0.2) is 0 Å². The maximum Gasteiger partial charge on any atom is 0.411 e. The molecule has 6 nitrogen and oxygen atoms in total. The van der Waals surface area contributed by atoms with E-state index < -0.39 is 29.7 Å². The smallest absolute Gasteiger partial charge is 0.411 e. The molecule has 1 amide bonds. The standard InChI is InChI=1S/C11H20N2O4/c1-11(2,3)17-10(15)13-6-5-7(12)8(13)9(14)16-4/h7-8H,5-6,12H2,1-4H3/t7-,8-/m0/s1. The highest BCUT2D eigenvalue weighted by Gasteiger charge is 2.42. The predicted molar refractivity (Wildman–Crippen MR) is 61.3 cm³/mol. The van der Waals surface area contributed by atoms with Crippen LogP contribution in [-0.2, 0) is 14.3 Å². The third kappa shape index (κ3) is 3.33. The minimum Gasteiger partial charge on any atom is -0.467 e. The lowest BCUT2D eigenvalue weighted by molar-refractivity contribution is -0.146. The Hall–Kier alpha value is -1.30. The first-order valence-corrected chi connectivity index (χ1v) is 5.59. The Balaban J connectivity index is 2.76. The van der Waals surface area contributed by atoms with Crippen LogP contribution < -0.4 is 5.73 Å². The summed E-state index contributed by atoms with van der Waals surface area (Å²) in [4.78, 5) is 24.8. The largest absolute Gasteiger partial charge is 0.467 e.